The molecule has 0 aliphatic heterocycles. The molecule has 4 N–H and O–H groups in total. The van der Waals surface area contributed by atoms with E-state index in [4.69, 9.17) is 5.73 Å². The number of hydrogen-bond donors (Lipinski definition) is 3. The number of nitrogens with zero attached hydrogens (tertiary/aromatic N) is 2. The molecule has 1 heterocycles. The molecular formula is C17H26N4O. The largest absolute Gasteiger partial charge is 0.396 e. The van der Waals surface area contributed by atoms with E-state index in [9.17, 15) is 5.11 Å². The number of nitrogen functional groups attached to an aromatic ring is 1. The molecule has 0 radical (unpaired) electrons. The van der Waals surface area contributed by atoms with Crippen molar-refractivity contribution in [3.63, 3.8) is 0 Å². The topological polar surface area (TPSA) is 84.1 Å². The SMILES string of the molecule is CCC[C@H](CCO)Nc1nc(N)nc2ccc(C(C)C)cc12. The molecule has 0 saturated heterocycles. The fourth-order valence-corrected chi connectivity index (χ4v) is 2.62. The predicted molar refractivity (Wildman–Crippen MR) is 92.1 cm³/mol. The van der Waals surface area contributed by atoms with Crippen LogP contribution >= 0.6 is 0 Å². The molecule has 0 amide bonds. The van der Waals surface area contributed by atoms with Gasteiger partial charge in [0.05, 0.1) is 5.52 Å². The number of nitrogens with two attached hydrogens (primary N) is 1. The van der Waals surface area contributed by atoms with Crippen molar-refractivity contribution in [2.45, 2.75) is 52.0 Å². The van der Waals surface area contributed by atoms with Crippen LogP contribution < -0.4 is 11.1 Å². The van der Waals surface area contributed by atoms with Crippen LogP contribution in [0.15, 0.2) is 18.2 Å². The molecule has 0 bridgehead atoms. The maximum Gasteiger partial charge on any atom is 0.222 e. The summed E-state index contributed by atoms with van der Waals surface area (Å²) < 4.78 is 0. The zero-order valence-corrected chi connectivity index (χ0v) is 13.6. The first kappa shape index (κ1) is 16.5. The standard InChI is InChI=1S/C17H26N4O/c1-4-5-13(8-9-22)19-16-14-10-12(11(2)3)6-7-15(14)20-17(18)21-16/h6-7,10-11,13,22H,4-5,8-9H2,1-3H3,(H3,18,19,20,21)/t13-/m1/s1. The lowest BCUT2D eigenvalue weighted by Crippen LogP contribution is -2.22. The summed E-state index contributed by atoms with van der Waals surface area (Å²) in [6.45, 7) is 6.62. The second-order valence-corrected chi connectivity index (χ2v) is 6.00. The van der Waals surface area contributed by atoms with Crippen molar-refractivity contribution >= 4 is 22.7 Å². The lowest BCUT2D eigenvalue weighted by Gasteiger charge is -2.19. The number of fused-ring (bicyclic) bond motifs is 1. The summed E-state index contributed by atoms with van der Waals surface area (Å²) in [6, 6.07) is 6.40. The van der Waals surface area contributed by atoms with Crippen LogP contribution in [0.2, 0.25) is 0 Å². The minimum atomic E-state index is 0.160. The third kappa shape index (κ3) is 3.85. The Kier molecular flexibility index (Phi) is 5.55. The van der Waals surface area contributed by atoms with Gasteiger partial charge in [0.15, 0.2) is 0 Å². The Morgan fingerprint density at radius 3 is 2.64 bits per heavy atom. The number of hydrogen-bond acceptors (Lipinski definition) is 5. The number of aromatic nitrogens is 2. The van der Waals surface area contributed by atoms with Gasteiger partial charge in [0.25, 0.3) is 0 Å². The molecule has 0 unspecified atom stereocenters. The summed E-state index contributed by atoms with van der Waals surface area (Å²) in [6.07, 6.45) is 2.73. The molecule has 5 heteroatoms. The van der Waals surface area contributed by atoms with Gasteiger partial charge in [0.2, 0.25) is 5.95 Å². The van der Waals surface area contributed by atoms with Gasteiger partial charge in [-0.25, -0.2) is 4.98 Å². The van der Waals surface area contributed by atoms with Gasteiger partial charge in [-0.1, -0.05) is 33.3 Å². The first-order valence-corrected chi connectivity index (χ1v) is 7.99. The van der Waals surface area contributed by atoms with Crippen molar-refractivity contribution in [2.75, 3.05) is 17.7 Å². The van der Waals surface area contributed by atoms with Crippen LogP contribution in [0, 0.1) is 0 Å². The summed E-state index contributed by atoms with van der Waals surface area (Å²) in [5.74, 6) is 1.47. The molecule has 0 spiro atoms. The molecule has 0 saturated carbocycles. The highest BCUT2D eigenvalue weighted by Crippen LogP contribution is 2.27. The molecule has 1 aromatic heterocycles. The van der Waals surface area contributed by atoms with Crippen LogP contribution in [0.3, 0.4) is 0 Å². The van der Waals surface area contributed by atoms with Crippen LogP contribution in [-0.2, 0) is 0 Å². The van der Waals surface area contributed by atoms with Gasteiger partial charge < -0.3 is 16.2 Å². The number of aliphatic hydroxyl groups excluding tert-OH is 1. The third-order valence-corrected chi connectivity index (χ3v) is 3.86. The number of aliphatic hydroxyl groups is 1. The summed E-state index contributed by atoms with van der Waals surface area (Å²) in [4.78, 5) is 8.69. The monoisotopic (exact) mass is 302 g/mol. The fourth-order valence-electron chi connectivity index (χ4n) is 2.62. The highest BCUT2D eigenvalue weighted by Gasteiger charge is 2.13. The van der Waals surface area contributed by atoms with Gasteiger partial charge >= 0.3 is 0 Å². The molecule has 120 valence electrons. The van der Waals surface area contributed by atoms with Gasteiger partial charge in [-0.15, -0.1) is 0 Å². The van der Waals surface area contributed by atoms with E-state index in [0.717, 1.165) is 29.6 Å². The van der Waals surface area contributed by atoms with E-state index in [-0.39, 0.29) is 18.6 Å². The minimum Gasteiger partial charge on any atom is -0.396 e. The van der Waals surface area contributed by atoms with Crippen LogP contribution in [0.25, 0.3) is 10.9 Å². The average molecular weight is 302 g/mol. The highest BCUT2D eigenvalue weighted by atomic mass is 16.3. The van der Waals surface area contributed by atoms with Gasteiger partial charge in [0, 0.05) is 18.0 Å². The van der Waals surface area contributed by atoms with E-state index in [1.807, 2.05) is 6.07 Å². The lowest BCUT2D eigenvalue weighted by molar-refractivity contribution is 0.276. The Balaban J connectivity index is 2.43. The third-order valence-electron chi connectivity index (χ3n) is 3.86. The number of rotatable bonds is 7. The molecule has 0 fully saturated rings. The van der Waals surface area contributed by atoms with E-state index in [1.165, 1.54) is 5.56 Å². The molecular weight excluding hydrogens is 276 g/mol. The van der Waals surface area contributed by atoms with E-state index in [1.54, 1.807) is 0 Å². The van der Waals surface area contributed by atoms with E-state index >= 15 is 0 Å². The van der Waals surface area contributed by atoms with Crippen LogP contribution in [-0.4, -0.2) is 27.7 Å². The fraction of sp³-hybridized carbons (Fsp3) is 0.529. The van der Waals surface area contributed by atoms with Crippen molar-refractivity contribution in [3.05, 3.63) is 23.8 Å². The molecule has 22 heavy (non-hydrogen) atoms. The quantitative estimate of drug-likeness (QED) is 0.731. The second-order valence-electron chi connectivity index (χ2n) is 6.00. The molecule has 0 aliphatic rings. The first-order valence-electron chi connectivity index (χ1n) is 7.99. The van der Waals surface area contributed by atoms with E-state index in [2.05, 4.69) is 48.2 Å². The Hall–Kier alpha value is -1.88. The molecule has 2 aromatic rings. The average Bonchev–Trinajstić information content (AvgIpc) is 2.47. The molecule has 2 rings (SSSR count). The molecule has 0 aliphatic carbocycles. The van der Waals surface area contributed by atoms with Crippen molar-refractivity contribution in [2.24, 2.45) is 0 Å². The van der Waals surface area contributed by atoms with Gasteiger partial charge in [0.1, 0.15) is 5.82 Å². The van der Waals surface area contributed by atoms with E-state index < -0.39 is 0 Å². The molecule has 1 atom stereocenters. The van der Waals surface area contributed by atoms with Crippen LogP contribution in [0.4, 0.5) is 11.8 Å². The maximum atomic E-state index is 9.23. The van der Waals surface area contributed by atoms with Crippen molar-refractivity contribution in [3.8, 4) is 0 Å². The molecule has 1 aromatic carbocycles. The zero-order valence-electron chi connectivity index (χ0n) is 13.6. The Morgan fingerprint density at radius 2 is 2.00 bits per heavy atom. The number of anilines is 2. The first-order chi connectivity index (χ1) is 10.5. The summed E-state index contributed by atoms with van der Waals surface area (Å²) in [5, 5.41) is 13.7. The Bertz CT molecular complexity index is 621. The summed E-state index contributed by atoms with van der Waals surface area (Å²) in [7, 11) is 0. The second kappa shape index (κ2) is 7.40. The van der Waals surface area contributed by atoms with Gasteiger partial charge in [-0.05, 0) is 36.5 Å². The Labute approximate surface area is 132 Å². The van der Waals surface area contributed by atoms with E-state index in [0.29, 0.717) is 12.3 Å². The van der Waals surface area contributed by atoms with Crippen molar-refractivity contribution in [1.82, 2.24) is 9.97 Å². The maximum absolute atomic E-state index is 9.23. The normalized spacial score (nSPS) is 12.8. The van der Waals surface area contributed by atoms with Crippen LogP contribution in [0.1, 0.15) is 51.5 Å². The summed E-state index contributed by atoms with van der Waals surface area (Å²) in [5.41, 5.74) is 7.93. The predicted octanol–water partition coefficient (Wildman–Crippen LogP) is 3.30. The van der Waals surface area contributed by atoms with Crippen molar-refractivity contribution < 1.29 is 5.11 Å². The zero-order chi connectivity index (χ0) is 16.1. The van der Waals surface area contributed by atoms with Crippen molar-refractivity contribution in [1.29, 1.82) is 0 Å². The Morgan fingerprint density at radius 1 is 1.23 bits per heavy atom. The summed E-state index contributed by atoms with van der Waals surface area (Å²) >= 11 is 0. The van der Waals surface area contributed by atoms with Crippen LogP contribution in [0.5, 0.6) is 0 Å². The number of nitrogens with one attached hydrogen (secondary N) is 1. The lowest BCUT2D eigenvalue weighted by atomic mass is 10.0. The van der Waals surface area contributed by atoms with Gasteiger partial charge in [-0.2, -0.15) is 4.98 Å². The minimum absolute atomic E-state index is 0.160. The smallest absolute Gasteiger partial charge is 0.222 e. The molecule has 5 nitrogen and oxygen atoms in total. The van der Waals surface area contributed by atoms with Gasteiger partial charge in [-0.3, -0.25) is 0 Å². The number of benzene rings is 1. The highest BCUT2D eigenvalue weighted by molar-refractivity contribution is 5.90.